The number of aryl methyl sites for hydroxylation is 1. The molecule has 1 saturated heterocycles. The molecule has 1 amide bonds. The van der Waals surface area contributed by atoms with Gasteiger partial charge in [0, 0.05) is 17.3 Å². The Labute approximate surface area is 189 Å². The van der Waals surface area contributed by atoms with Gasteiger partial charge < -0.3 is 19.0 Å². The number of amides is 1. The molecule has 1 unspecified atom stereocenters. The van der Waals surface area contributed by atoms with E-state index >= 15 is 0 Å². The lowest BCUT2D eigenvalue weighted by Crippen LogP contribution is -2.29. The van der Waals surface area contributed by atoms with E-state index in [9.17, 15) is 14.7 Å². The summed E-state index contributed by atoms with van der Waals surface area (Å²) in [6, 6.07) is 13.8. The van der Waals surface area contributed by atoms with Gasteiger partial charge in [0.25, 0.3) is 11.7 Å². The number of anilines is 1. The normalized spacial score (nSPS) is 17.6. The highest BCUT2D eigenvalue weighted by Crippen LogP contribution is 2.44. The zero-order valence-corrected chi connectivity index (χ0v) is 18.3. The summed E-state index contributed by atoms with van der Waals surface area (Å²) in [5.74, 6) is -0.225. The van der Waals surface area contributed by atoms with E-state index < -0.39 is 23.5 Å². The van der Waals surface area contributed by atoms with Gasteiger partial charge in [-0.15, -0.1) is 0 Å². The summed E-state index contributed by atoms with van der Waals surface area (Å²) in [6.07, 6.45) is 0. The molecule has 4 rings (SSSR count). The number of carbonyl (C=O) groups excluding carboxylic acids is 2. The van der Waals surface area contributed by atoms with E-state index in [0.29, 0.717) is 28.7 Å². The topological polar surface area (TPSA) is 89.2 Å². The minimum atomic E-state index is -1.00. The van der Waals surface area contributed by atoms with Crippen molar-refractivity contribution >= 4 is 34.7 Å². The maximum atomic E-state index is 13.2. The summed E-state index contributed by atoms with van der Waals surface area (Å²) in [5, 5.41) is 11.4. The predicted octanol–water partition coefficient (Wildman–Crippen LogP) is 4.88. The minimum Gasteiger partial charge on any atom is -0.507 e. The van der Waals surface area contributed by atoms with Crippen LogP contribution in [-0.2, 0) is 9.59 Å². The van der Waals surface area contributed by atoms with Crippen LogP contribution in [0.2, 0.25) is 5.02 Å². The van der Waals surface area contributed by atoms with Crippen LogP contribution in [0, 0.1) is 6.92 Å². The number of methoxy groups -OCH3 is 2. The zero-order chi connectivity index (χ0) is 23.0. The molecular formula is C24H20ClNO6. The van der Waals surface area contributed by atoms with Gasteiger partial charge in [0.15, 0.2) is 0 Å². The van der Waals surface area contributed by atoms with E-state index in [4.69, 9.17) is 25.5 Å². The van der Waals surface area contributed by atoms with Gasteiger partial charge in [0.2, 0.25) is 0 Å². The number of carbonyl (C=O) groups is 2. The highest BCUT2D eigenvalue weighted by atomic mass is 35.5. The SMILES string of the molecule is COc1cccc(N2C(=O)C(=O)/C(=C(\O)c3cc(OC)ccc3Cl)C2c2ccc(C)o2)c1. The Morgan fingerprint density at radius 2 is 1.75 bits per heavy atom. The van der Waals surface area contributed by atoms with Crippen molar-refractivity contribution in [3.05, 3.63) is 82.3 Å². The Morgan fingerprint density at radius 1 is 1.03 bits per heavy atom. The van der Waals surface area contributed by atoms with Crippen molar-refractivity contribution in [1.82, 2.24) is 0 Å². The molecule has 1 N–H and O–H groups in total. The first-order valence-corrected chi connectivity index (χ1v) is 10.1. The number of aliphatic hydroxyl groups excluding tert-OH is 1. The van der Waals surface area contributed by atoms with Crippen molar-refractivity contribution in [2.45, 2.75) is 13.0 Å². The average Bonchev–Trinajstić information content (AvgIpc) is 3.34. The van der Waals surface area contributed by atoms with Crippen LogP contribution in [-0.4, -0.2) is 31.0 Å². The van der Waals surface area contributed by atoms with Crippen LogP contribution in [0.4, 0.5) is 5.69 Å². The van der Waals surface area contributed by atoms with Crippen LogP contribution in [0.5, 0.6) is 11.5 Å². The van der Waals surface area contributed by atoms with Crippen molar-refractivity contribution in [2.24, 2.45) is 0 Å². The van der Waals surface area contributed by atoms with Gasteiger partial charge in [0.05, 0.1) is 24.8 Å². The van der Waals surface area contributed by atoms with E-state index in [1.807, 2.05) is 0 Å². The number of hydrogen-bond acceptors (Lipinski definition) is 6. The molecule has 1 fully saturated rings. The highest BCUT2D eigenvalue weighted by Gasteiger charge is 2.48. The first kappa shape index (κ1) is 21.5. The summed E-state index contributed by atoms with van der Waals surface area (Å²) in [6.45, 7) is 1.75. The number of furan rings is 1. The summed E-state index contributed by atoms with van der Waals surface area (Å²) in [7, 11) is 2.98. The number of hydrogen-bond donors (Lipinski definition) is 1. The van der Waals surface area contributed by atoms with Crippen LogP contribution >= 0.6 is 11.6 Å². The maximum Gasteiger partial charge on any atom is 0.300 e. The number of nitrogens with zero attached hydrogens (tertiary/aromatic N) is 1. The van der Waals surface area contributed by atoms with Crippen LogP contribution in [0.25, 0.3) is 5.76 Å². The van der Waals surface area contributed by atoms with Crippen molar-refractivity contribution in [1.29, 1.82) is 0 Å². The third kappa shape index (κ3) is 3.61. The summed E-state index contributed by atoms with van der Waals surface area (Å²) in [4.78, 5) is 27.6. The fourth-order valence-electron chi connectivity index (χ4n) is 3.69. The molecule has 8 heteroatoms. The highest BCUT2D eigenvalue weighted by molar-refractivity contribution is 6.52. The van der Waals surface area contributed by atoms with Crippen LogP contribution in [0.3, 0.4) is 0 Å². The molecule has 1 aliphatic heterocycles. The fraction of sp³-hybridized carbons (Fsp3) is 0.167. The smallest absolute Gasteiger partial charge is 0.300 e. The number of ether oxygens (including phenoxy) is 2. The van der Waals surface area contributed by atoms with Crippen molar-refractivity contribution in [2.75, 3.05) is 19.1 Å². The largest absolute Gasteiger partial charge is 0.507 e. The second-order valence-electron chi connectivity index (χ2n) is 7.16. The summed E-state index contributed by atoms with van der Waals surface area (Å²) < 4.78 is 16.3. The number of ketones is 1. The second-order valence-corrected chi connectivity index (χ2v) is 7.57. The van der Waals surface area contributed by atoms with Gasteiger partial charge in [-0.1, -0.05) is 17.7 Å². The lowest BCUT2D eigenvalue weighted by molar-refractivity contribution is -0.132. The van der Waals surface area contributed by atoms with E-state index in [1.54, 1.807) is 55.5 Å². The van der Waals surface area contributed by atoms with Gasteiger partial charge in [-0.25, -0.2) is 0 Å². The maximum absolute atomic E-state index is 13.2. The van der Waals surface area contributed by atoms with Gasteiger partial charge in [-0.3, -0.25) is 14.5 Å². The third-order valence-corrected chi connectivity index (χ3v) is 5.56. The Balaban J connectivity index is 1.96. The predicted molar refractivity (Wildman–Crippen MR) is 119 cm³/mol. The molecule has 7 nitrogen and oxygen atoms in total. The standard InChI is InChI=1S/C24H20ClNO6/c1-13-7-10-19(32-13)21-20(22(27)17-12-16(31-3)8-9-18(17)25)23(28)24(29)26(21)14-5-4-6-15(11-14)30-2/h4-12,21,27H,1-3H3/b22-20-. The number of halogens is 1. The van der Waals surface area contributed by atoms with E-state index in [1.165, 1.54) is 25.2 Å². The zero-order valence-electron chi connectivity index (χ0n) is 17.6. The van der Waals surface area contributed by atoms with Gasteiger partial charge in [-0.2, -0.15) is 0 Å². The first-order chi connectivity index (χ1) is 15.3. The molecule has 1 aromatic heterocycles. The molecule has 0 saturated carbocycles. The van der Waals surface area contributed by atoms with E-state index in [2.05, 4.69) is 0 Å². The third-order valence-electron chi connectivity index (χ3n) is 5.24. The molecule has 164 valence electrons. The number of Topliss-reactive ketones (excluding diaryl/α,β-unsaturated/α-hetero) is 1. The number of rotatable bonds is 5. The number of aliphatic hydroxyl groups is 1. The van der Waals surface area contributed by atoms with Gasteiger partial charge >= 0.3 is 0 Å². The van der Waals surface area contributed by atoms with Gasteiger partial charge in [-0.05, 0) is 49.4 Å². The molecule has 3 aromatic rings. The molecule has 2 aromatic carbocycles. The number of benzene rings is 2. The van der Waals surface area contributed by atoms with Gasteiger partial charge in [0.1, 0.15) is 34.8 Å². The van der Waals surface area contributed by atoms with E-state index in [-0.39, 0.29) is 16.2 Å². The lowest BCUT2D eigenvalue weighted by atomic mass is 9.99. The van der Waals surface area contributed by atoms with Crippen LogP contribution < -0.4 is 14.4 Å². The monoisotopic (exact) mass is 453 g/mol. The Bertz CT molecular complexity index is 1240. The molecule has 1 aliphatic rings. The molecule has 1 atom stereocenters. The molecule has 0 aliphatic carbocycles. The second kappa shape index (κ2) is 8.43. The average molecular weight is 454 g/mol. The molecule has 2 heterocycles. The Hall–Kier alpha value is -3.71. The Morgan fingerprint density at radius 3 is 2.41 bits per heavy atom. The lowest BCUT2D eigenvalue weighted by Gasteiger charge is -2.24. The van der Waals surface area contributed by atoms with E-state index in [0.717, 1.165) is 0 Å². The molecule has 0 spiro atoms. The van der Waals surface area contributed by atoms with Crippen molar-refractivity contribution in [3.8, 4) is 11.5 Å². The Kier molecular flexibility index (Phi) is 5.67. The fourth-order valence-corrected chi connectivity index (χ4v) is 3.89. The molecule has 0 radical (unpaired) electrons. The minimum absolute atomic E-state index is 0.137. The molecular weight excluding hydrogens is 434 g/mol. The summed E-state index contributed by atoms with van der Waals surface area (Å²) in [5.41, 5.74) is 0.451. The van der Waals surface area contributed by atoms with Crippen LogP contribution in [0.15, 0.2) is 64.6 Å². The first-order valence-electron chi connectivity index (χ1n) is 9.71. The molecule has 0 bridgehead atoms. The van der Waals surface area contributed by atoms with Crippen molar-refractivity contribution < 1.29 is 28.6 Å². The molecule has 32 heavy (non-hydrogen) atoms. The quantitative estimate of drug-likeness (QED) is 0.336. The van der Waals surface area contributed by atoms with Crippen molar-refractivity contribution in [3.63, 3.8) is 0 Å². The van der Waals surface area contributed by atoms with Crippen LogP contribution in [0.1, 0.15) is 23.1 Å². The summed E-state index contributed by atoms with van der Waals surface area (Å²) >= 11 is 6.30.